The smallest absolute Gasteiger partial charge is 0.337 e. The summed E-state index contributed by atoms with van der Waals surface area (Å²) in [5.74, 6) is -1.24. The number of ketones is 1. The van der Waals surface area contributed by atoms with E-state index in [2.05, 4.69) is 9.05 Å². The highest BCUT2D eigenvalue weighted by molar-refractivity contribution is 7.54. The van der Waals surface area contributed by atoms with Gasteiger partial charge in [-0.25, -0.2) is 4.79 Å². The topological polar surface area (TPSA) is 89.9 Å². The molecule has 0 aromatic rings. The third-order valence-electron chi connectivity index (χ3n) is 2.01. The first-order valence-corrected chi connectivity index (χ1v) is 6.78. The van der Waals surface area contributed by atoms with Crippen molar-refractivity contribution in [2.24, 2.45) is 0 Å². The third-order valence-corrected chi connectivity index (χ3v) is 3.87. The van der Waals surface area contributed by atoms with Crippen molar-refractivity contribution in [2.45, 2.75) is 19.3 Å². The molecule has 1 N–H and O–H groups in total. The van der Waals surface area contributed by atoms with Crippen molar-refractivity contribution in [3.05, 3.63) is 12.2 Å². The highest BCUT2D eigenvalue weighted by atomic mass is 31.2. The van der Waals surface area contributed by atoms with Crippen LogP contribution < -0.4 is 0 Å². The van der Waals surface area contributed by atoms with E-state index in [1.807, 2.05) is 0 Å². The first-order chi connectivity index (χ1) is 7.93. The van der Waals surface area contributed by atoms with Crippen molar-refractivity contribution in [2.75, 3.05) is 20.4 Å². The van der Waals surface area contributed by atoms with Gasteiger partial charge in [0.25, 0.3) is 0 Å². The zero-order valence-corrected chi connectivity index (χ0v) is 10.8. The summed E-state index contributed by atoms with van der Waals surface area (Å²) in [5, 5.41) is 8.31. The second-order valence-corrected chi connectivity index (χ2v) is 5.57. The second-order valence-electron chi connectivity index (χ2n) is 3.31. The summed E-state index contributed by atoms with van der Waals surface area (Å²) < 4.78 is 20.9. The quantitative estimate of drug-likeness (QED) is 0.388. The van der Waals surface area contributed by atoms with E-state index in [-0.39, 0.29) is 18.4 Å². The minimum absolute atomic E-state index is 0.222. The highest BCUT2D eigenvalue weighted by Gasteiger charge is 2.24. The normalized spacial score (nSPS) is 11.9. The molecule has 0 rings (SSSR count). The van der Waals surface area contributed by atoms with Crippen LogP contribution in [0, 0.1) is 0 Å². The molecule has 0 fully saturated rings. The van der Waals surface area contributed by atoms with Gasteiger partial charge < -0.3 is 14.2 Å². The summed E-state index contributed by atoms with van der Waals surface area (Å²) in [5.41, 5.74) is 0. The molecular formula is C10H17O6P. The Morgan fingerprint density at radius 2 is 1.88 bits per heavy atom. The zero-order chi connectivity index (χ0) is 13.3. The highest BCUT2D eigenvalue weighted by Crippen LogP contribution is 2.46. The molecule has 0 aromatic heterocycles. The third kappa shape index (κ3) is 7.85. The number of unbranched alkanes of at least 4 members (excludes halogenated alkanes) is 1. The Hall–Kier alpha value is -0.970. The van der Waals surface area contributed by atoms with Gasteiger partial charge in [0.1, 0.15) is 11.9 Å². The molecule has 0 spiro atoms. The fourth-order valence-electron chi connectivity index (χ4n) is 1.10. The predicted octanol–water partition coefficient (Wildman–Crippen LogP) is 1.85. The lowest BCUT2D eigenvalue weighted by molar-refractivity contribution is -0.131. The summed E-state index contributed by atoms with van der Waals surface area (Å²) in [6.07, 6.45) is 3.48. The molecule has 7 heteroatoms. The number of rotatable bonds is 9. The van der Waals surface area contributed by atoms with E-state index in [1.54, 1.807) is 0 Å². The lowest BCUT2D eigenvalue weighted by atomic mass is 10.2. The lowest BCUT2D eigenvalue weighted by Gasteiger charge is -2.11. The summed E-state index contributed by atoms with van der Waals surface area (Å²) in [6.45, 7) is 0. The Bertz CT molecular complexity index is 328. The molecule has 0 bridgehead atoms. The lowest BCUT2D eigenvalue weighted by Crippen LogP contribution is -2.07. The average Bonchev–Trinajstić information content (AvgIpc) is 2.28. The van der Waals surface area contributed by atoms with Crippen molar-refractivity contribution >= 4 is 19.3 Å². The molecule has 0 unspecified atom stereocenters. The van der Waals surface area contributed by atoms with Gasteiger partial charge >= 0.3 is 13.6 Å². The van der Waals surface area contributed by atoms with Crippen LogP contribution in [0.4, 0.5) is 0 Å². The van der Waals surface area contributed by atoms with Crippen LogP contribution in [0.5, 0.6) is 0 Å². The number of allylic oxidation sites excluding steroid dienone is 1. The van der Waals surface area contributed by atoms with Crippen LogP contribution in [0.3, 0.4) is 0 Å². The maximum absolute atomic E-state index is 11.6. The fourth-order valence-corrected chi connectivity index (χ4v) is 2.10. The van der Waals surface area contributed by atoms with Gasteiger partial charge in [-0.05, 0) is 12.8 Å². The number of carboxylic acids is 1. The van der Waals surface area contributed by atoms with Gasteiger partial charge in [0, 0.05) is 26.7 Å². The van der Waals surface area contributed by atoms with Crippen LogP contribution in [-0.4, -0.2) is 37.2 Å². The maximum Gasteiger partial charge on any atom is 0.337 e. The van der Waals surface area contributed by atoms with E-state index in [0.717, 1.165) is 6.08 Å². The van der Waals surface area contributed by atoms with Crippen LogP contribution >= 0.6 is 7.60 Å². The fraction of sp³-hybridized carbons (Fsp3) is 0.600. The summed E-state index contributed by atoms with van der Waals surface area (Å²) in [4.78, 5) is 21.5. The van der Waals surface area contributed by atoms with Gasteiger partial charge in [-0.3, -0.25) is 9.36 Å². The average molecular weight is 264 g/mol. The standard InChI is InChI=1S/C10H17O6P/c1-15-17(14,16-2)8-9(11)6-4-3-5-7-10(12)13/h5,7H,3-4,6,8H2,1-2H3,(H,12,13). The molecule has 0 amide bonds. The number of carbonyl (C=O) groups is 2. The van der Waals surface area contributed by atoms with E-state index >= 15 is 0 Å². The molecule has 0 atom stereocenters. The summed E-state index contributed by atoms with van der Waals surface area (Å²) in [7, 11) is -0.812. The van der Waals surface area contributed by atoms with E-state index in [9.17, 15) is 14.2 Å². The number of hydrogen-bond acceptors (Lipinski definition) is 5. The SMILES string of the molecule is COP(=O)(CC(=O)CCCC=CC(=O)O)OC. The number of Topliss-reactive ketones (excluding diaryl/α,β-unsaturated/α-hetero) is 1. The Balaban J connectivity index is 3.88. The minimum atomic E-state index is -3.27. The van der Waals surface area contributed by atoms with Crippen molar-refractivity contribution in [1.29, 1.82) is 0 Å². The number of aliphatic carboxylic acids is 1. The summed E-state index contributed by atoms with van der Waals surface area (Å²) in [6, 6.07) is 0. The molecule has 17 heavy (non-hydrogen) atoms. The molecule has 0 aliphatic heterocycles. The molecule has 98 valence electrons. The van der Waals surface area contributed by atoms with Crippen molar-refractivity contribution in [3.63, 3.8) is 0 Å². The monoisotopic (exact) mass is 264 g/mol. The Morgan fingerprint density at radius 1 is 1.29 bits per heavy atom. The van der Waals surface area contributed by atoms with Gasteiger partial charge in [-0.15, -0.1) is 0 Å². The van der Waals surface area contributed by atoms with Crippen LogP contribution in [0.15, 0.2) is 12.2 Å². The van der Waals surface area contributed by atoms with E-state index in [4.69, 9.17) is 5.11 Å². The molecule has 0 aromatic carbocycles. The molecule has 0 aliphatic carbocycles. The van der Waals surface area contributed by atoms with Crippen molar-refractivity contribution < 1.29 is 28.3 Å². The van der Waals surface area contributed by atoms with Crippen molar-refractivity contribution in [1.82, 2.24) is 0 Å². The molecule has 0 aliphatic rings. The van der Waals surface area contributed by atoms with E-state index < -0.39 is 13.6 Å². The largest absolute Gasteiger partial charge is 0.478 e. The molecule has 6 nitrogen and oxygen atoms in total. The molecule has 0 radical (unpaired) electrons. The number of hydrogen-bond donors (Lipinski definition) is 1. The summed E-state index contributed by atoms with van der Waals surface area (Å²) >= 11 is 0. The number of carboxylic acid groups (broad SMARTS) is 1. The predicted molar refractivity (Wildman–Crippen MR) is 62.1 cm³/mol. The first kappa shape index (κ1) is 16.0. The minimum Gasteiger partial charge on any atom is -0.478 e. The van der Waals surface area contributed by atoms with E-state index in [0.29, 0.717) is 12.8 Å². The van der Waals surface area contributed by atoms with Crippen molar-refractivity contribution in [3.8, 4) is 0 Å². The Morgan fingerprint density at radius 3 is 2.35 bits per heavy atom. The molecule has 0 saturated carbocycles. The van der Waals surface area contributed by atoms with Gasteiger partial charge in [0.15, 0.2) is 0 Å². The van der Waals surface area contributed by atoms with Gasteiger partial charge in [0.05, 0.1) is 0 Å². The Labute approximate surface area is 100 Å². The van der Waals surface area contributed by atoms with Gasteiger partial charge in [-0.1, -0.05) is 6.08 Å². The number of carbonyl (C=O) groups excluding carboxylic acids is 1. The maximum atomic E-state index is 11.6. The van der Waals surface area contributed by atoms with Gasteiger partial charge in [0.2, 0.25) is 0 Å². The molecule has 0 heterocycles. The van der Waals surface area contributed by atoms with Crippen LogP contribution in [0.2, 0.25) is 0 Å². The Kier molecular flexibility index (Phi) is 7.70. The first-order valence-electron chi connectivity index (χ1n) is 5.05. The van der Waals surface area contributed by atoms with Gasteiger partial charge in [-0.2, -0.15) is 0 Å². The second kappa shape index (κ2) is 8.17. The zero-order valence-electron chi connectivity index (χ0n) is 9.92. The van der Waals surface area contributed by atoms with Crippen LogP contribution in [0.25, 0.3) is 0 Å². The van der Waals surface area contributed by atoms with Crippen LogP contribution in [0.1, 0.15) is 19.3 Å². The van der Waals surface area contributed by atoms with Crippen LogP contribution in [-0.2, 0) is 23.2 Å². The van der Waals surface area contributed by atoms with E-state index in [1.165, 1.54) is 20.3 Å². The molecule has 0 saturated heterocycles. The molecular weight excluding hydrogens is 247 g/mol.